The molecule has 7 heteroatoms. The van der Waals surface area contributed by atoms with Crippen LogP contribution in [0.2, 0.25) is 0 Å². The Kier molecular flexibility index (Phi) is 6.31. The SMILES string of the molecule is CNC(=O)CC1CCOC2(CCN(C(=O)COc3ccc(F)cc3)CC2)C1. The first kappa shape index (κ1) is 19.6. The average molecular weight is 378 g/mol. The second-order valence-electron chi connectivity index (χ2n) is 7.39. The summed E-state index contributed by atoms with van der Waals surface area (Å²) in [6.07, 6.45) is 3.87. The van der Waals surface area contributed by atoms with Crippen LogP contribution in [0.4, 0.5) is 4.39 Å². The van der Waals surface area contributed by atoms with Gasteiger partial charge in [-0.3, -0.25) is 9.59 Å². The molecule has 2 amide bonds. The van der Waals surface area contributed by atoms with E-state index in [0.29, 0.717) is 37.8 Å². The van der Waals surface area contributed by atoms with E-state index in [0.717, 1.165) is 25.7 Å². The molecule has 1 aromatic carbocycles. The highest BCUT2D eigenvalue weighted by molar-refractivity contribution is 5.78. The van der Waals surface area contributed by atoms with Gasteiger partial charge >= 0.3 is 0 Å². The number of piperidine rings is 1. The molecule has 148 valence electrons. The zero-order chi connectivity index (χ0) is 19.3. The average Bonchev–Trinajstić information content (AvgIpc) is 2.68. The zero-order valence-corrected chi connectivity index (χ0v) is 15.7. The monoisotopic (exact) mass is 378 g/mol. The van der Waals surface area contributed by atoms with Gasteiger partial charge in [-0.05, 0) is 55.9 Å². The van der Waals surface area contributed by atoms with Crippen molar-refractivity contribution in [2.75, 3.05) is 33.4 Å². The van der Waals surface area contributed by atoms with E-state index in [4.69, 9.17) is 9.47 Å². The number of hydrogen-bond donors (Lipinski definition) is 1. The summed E-state index contributed by atoms with van der Waals surface area (Å²) >= 11 is 0. The number of ether oxygens (including phenoxy) is 2. The lowest BCUT2D eigenvalue weighted by atomic mass is 9.78. The number of carbonyl (C=O) groups excluding carboxylic acids is 2. The number of halogens is 1. The second kappa shape index (κ2) is 8.69. The van der Waals surface area contributed by atoms with Crippen molar-refractivity contribution in [3.63, 3.8) is 0 Å². The molecule has 6 nitrogen and oxygen atoms in total. The fourth-order valence-corrected chi connectivity index (χ4v) is 3.95. The van der Waals surface area contributed by atoms with Crippen LogP contribution in [0.25, 0.3) is 0 Å². The molecule has 27 heavy (non-hydrogen) atoms. The van der Waals surface area contributed by atoms with E-state index in [9.17, 15) is 14.0 Å². The van der Waals surface area contributed by atoms with Crippen molar-refractivity contribution in [1.82, 2.24) is 10.2 Å². The van der Waals surface area contributed by atoms with E-state index < -0.39 is 0 Å². The zero-order valence-electron chi connectivity index (χ0n) is 15.7. The highest BCUT2D eigenvalue weighted by Gasteiger charge is 2.41. The molecule has 1 atom stereocenters. The third-order valence-electron chi connectivity index (χ3n) is 5.55. The van der Waals surface area contributed by atoms with E-state index in [2.05, 4.69) is 5.32 Å². The van der Waals surface area contributed by atoms with E-state index in [1.54, 1.807) is 11.9 Å². The quantitative estimate of drug-likeness (QED) is 0.852. The maximum atomic E-state index is 12.9. The summed E-state index contributed by atoms with van der Waals surface area (Å²) in [6.45, 7) is 1.86. The molecule has 0 radical (unpaired) electrons. The van der Waals surface area contributed by atoms with Gasteiger partial charge in [0.2, 0.25) is 5.91 Å². The summed E-state index contributed by atoms with van der Waals surface area (Å²) in [4.78, 5) is 25.8. The Morgan fingerprint density at radius 1 is 1.30 bits per heavy atom. The first-order chi connectivity index (χ1) is 13.0. The van der Waals surface area contributed by atoms with Gasteiger partial charge in [0.05, 0.1) is 5.60 Å². The molecular weight excluding hydrogens is 351 g/mol. The number of carbonyl (C=O) groups is 2. The Labute approximate surface area is 159 Å². The van der Waals surface area contributed by atoms with E-state index in [1.165, 1.54) is 24.3 Å². The van der Waals surface area contributed by atoms with Gasteiger partial charge in [0.1, 0.15) is 11.6 Å². The number of rotatable bonds is 5. The molecule has 0 aromatic heterocycles. The summed E-state index contributed by atoms with van der Waals surface area (Å²) in [5.41, 5.74) is -0.217. The molecule has 1 N–H and O–H groups in total. The highest BCUT2D eigenvalue weighted by atomic mass is 19.1. The molecule has 2 fully saturated rings. The van der Waals surface area contributed by atoms with Crippen LogP contribution >= 0.6 is 0 Å². The summed E-state index contributed by atoms with van der Waals surface area (Å²) < 4.78 is 24.4. The summed E-state index contributed by atoms with van der Waals surface area (Å²) in [5, 5.41) is 2.69. The number of hydrogen-bond acceptors (Lipinski definition) is 4. The molecule has 3 rings (SSSR count). The first-order valence-electron chi connectivity index (χ1n) is 9.50. The van der Waals surface area contributed by atoms with Crippen LogP contribution in [0.15, 0.2) is 24.3 Å². The third-order valence-corrected chi connectivity index (χ3v) is 5.55. The Morgan fingerprint density at radius 2 is 2.00 bits per heavy atom. The van der Waals surface area contributed by atoms with Crippen LogP contribution in [0.1, 0.15) is 32.1 Å². The predicted molar refractivity (Wildman–Crippen MR) is 97.8 cm³/mol. The summed E-state index contributed by atoms with van der Waals surface area (Å²) in [6, 6.07) is 5.63. The maximum absolute atomic E-state index is 12.9. The maximum Gasteiger partial charge on any atom is 0.260 e. The number of nitrogens with zero attached hydrogens (tertiary/aromatic N) is 1. The summed E-state index contributed by atoms with van der Waals surface area (Å²) in [5.74, 6) is 0.473. The molecule has 2 heterocycles. The summed E-state index contributed by atoms with van der Waals surface area (Å²) in [7, 11) is 1.66. The standard InChI is InChI=1S/C20H27FN2O4/c1-22-18(24)12-15-6-11-27-20(13-15)7-9-23(10-8-20)19(25)14-26-17-4-2-16(21)3-5-17/h2-5,15H,6-14H2,1H3,(H,22,24). The minimum absolute atomic E-state index is 0.0568. The number of amides is 2. The van der Waals surface area contributed by atoms with Crippen molar-refractivity contribution in [1.29, 1.82) is 0 Å². The van der Waals surface area contributed by atoms with Gasteiger partial charge in [-0.15, -0.1) is 0 Å². The lowest BCUT2D eigenvalue weighted by Crippen LogP contribution is -2.51. The Bertz CT molecular complexity index is 656. The first-order valence-corrected chi connectivity index (χ1v) is 9.50. The third kappa shape index (κ3) is 5.19. The number of benzene rings is 1. The molecule has 2 aliphatic heterocycles. The van der Waals surface area contributed by atoms with Gasteiger partial charge < -0.3 is 19.7 Å². The Balaban J connectivity index is 1.46. The van der Waals surface area contributed by atoms with Crippen molar-refractivity contribution < 1.29 is 23.5 Å². The van der Waals surface area contributed by atoms with Crippen LogP contribution in [-0.4, -0.2) is 55.7 Å². The normalized spacial score (nSPS) is 21.7. The highest BCUT2D eigenvalue weighted by Crippen LogP contribution is 2.38. The van der Waals surface area contributed by atoms with Gasteiger partial charge in [-0.25, -0.2) is 4.39 Å². The van der Waals surface area contributed by atoms with Gasteiger partial charge in [0.15, 0.2) is 6.61 Å². The second-order valence-corrected chi connectivity index (χ2v) is 7.39. The number of likely N-dealkylation sites (tertiary alicyclic amines) is 1. The van der Waals surface area contributed by atoms with Crippen molar-refractivity contribution in [3.8, 4) is 5.75 Å². The molecule has 2 saturated heterocycles. The van der Waals surface area contributed by atoms with Crippen molar-refractivity contribution in [3.05, 3.63) is 30.1 Å². The minimum Gasteiger partial charge on any atom is -0.484 e. The van der Waals surface area contributed by atoms with Crippen molar-refractivity contribution in [2.24, 2.45) is 5.92 Å². The van der Waals surface area contributed by atoms with Crippen LogP contribution in [0.3, 0.4) is 0 Å². The lowest BCUT2D eigenvalue weighted by Gasteiger charge is -2.46. The van der Waals surface area contributed by atoms with Crippen LogP contribution in [-0.2, 0) is 14.3 Å². The van der Waals surface area contributed by atoms with Crippen LogP contribution < -0.4 is 10.1 Å². The van der Waals surface area contributed by atoms with Gasteiger partial charge in [-0.1, -0.05) is 0 Å². The molecule has 1 unspecified atom stereocenters. The van der Waals surface area contributed by atoms with Crippen molar-refractivity contribution in [2.45, 2.75) is 37.7 Å². The van der Waals surface area contributed by atoms with Gasteiger partial charge in [-0.2, -0.15) is 0 Å². The fraction of sp³-hybridized carbons (Fsp3) is 0.600. The molecule has 0 saturated carbocycles. The van der Waals surface area contributed by atoms with Crippen LogP contribution in [0, 0.1) is 11.7 Å². The Hall–Kier alpha value is -2.15. The molecule has 2 aliphatic rings. The molecule has 1 spiro atoms. The largest absolute Gasteiger partial charge is 0.484 e. The lowest BCUT2D eigenvalue weighted by molar-refractivity contribution is -0.149. The molecule has 0 aliphatic carbocycles. The molecule has 1 aromatic rings. The van der Waals surface area contributed by atoms with Crippen molar-refractivity contribution >= 4 is 11.8 Å². The number of nitrogens with one attached hydrogen (secondary N) is 1. The van der Waals surface area contributed by atoms with Gasteiger partial charge in [0, 0.05) is 33.2 Å². The van der Waals surface area contributed by atoms with E-state index >= 15 is 0 Å². The van der Waals surface area contributed by atoms with Crippen LogP contribution in [0.5, 0.6) is 5.75 Å². The molecule has 0 bridgehead atoms. The smallest absolute Gasteiger partial charge is 0.260 e. The Morgan fingerprint density at radius 3 is 2.67 bits per heavy atom. The topological polar surface area (TPSA) is 67.9 Å². The fourth-order valence-electron chi connectivity index (χ4n) is 3.95. The minimum atomic E-state index is -0.336. The van der Waals surface area contributed by atoms with E-state index in [-0.39, 0.29) is 29.8 Å². The van der Waals surface area contributed by atoms with E-state index in [1.807, 2.05) is 0 Å². The molecular formula is C20H27FN2O4. The predicted octanol–water partition coefficient (Wildman–Crippen LogP) is 2.13. The van der Waals surface area contributed by atoms with Gasteiger partial charge in [0.25, 0.3) is 5.91 Å².